The molecule has 1 aliphatic heterocycles. The molecule has 0 amide bonds. The third-order valence-electron chi connectivity index (χ3n) is 5.23. The smallest absolute Gasteiger partial charge is 0.349 e. The Morgan fingerprint density at radius 2 is 1.76 bits per heavy atom. The lowest BCUT2D eigenvalue weighted by Gasteiger charge is -2.35. The summed E-state index contributed by atoms with van der Waals surface area (Å²) in [4.78, 5) is 14.4. The molecule has 1 aliphatic rings. The predicted octanol–water partition coefficient (Wildman–Crippen LogP) is 4.70. The van der Waals surface area contributed by atoms with Crippen LogP contribution < -0.4 is 5.32 Å². The molecule has 1 N–H and O–H groups in total. The van der Waals surface area contributed by atoms with Gasteiger partial charge < -0.3 is 15.0 Å². The fourth-order valence-corrected chi connectivity index (χ4v) is 6.77. The van der Waals surface area contributed by atoms with Gasteiger partial charge in [-0.3, -0.25) is 0 Å². The number of piperazine rings is 1. The van der Waals surface area contributed by atoms with Crippen molar-refractivity contribution in [3.63, 3.8) is 0 Å². The third kappa shape index (κ3) is 4.96. The fraction of sp³-hybridized carbons (Fsp3) is 0.238. The number of thiocarbonyl (C=S) groups is 1. The number of nitrogens with zero attached hydrogens (tertiary/aromatic N) is 2. The van der Waals surface area contributed by atoms with Gasteiger partial charge in [-0.05, 0) is 54.7 Å². The Labute approximate surface area is 210 Å². The summed E-state index contributed by atoms with van der Waals surface area (Å²) in [5.41, 5.74) is 0.748. The van der Waals surface area contributed by atoms with E-state index < -0.39 is 16.0 Å². The van der Waals surface area contributed by atoms with Gasteiger partial charge in [0.1, 0.15) is 4.88 Å². The third-order valence-corrected chi connectivity index (χ3v) is 9.39. The molecular formula is C21H19Cl2N3O4S3. The molecule has 174 valence electrons. The molecule has 3 aromatic rings. The lowest BCUT2D eigenvalue weighted by atomic mass is 10.2. The van der Waals surface area contributed by atoms with E-state index in [1.165, 1.54) is 34.9 Å². The van der Waals surface area contributed by atoms with E-state index in [0.717, 1.165) is 15.8 Å². The molecule has 4 rings (SSSR count). The summed E-state index contributed by atoms with van der Waals surface area (Å²) in [5.74, 6) is -0.474. The number of methoxy groups -OCH3 is 1. The Morgan fingerprint density at radius 1 is 1.09 bits per heavy atom. The van der Waals surface area contributed by atoms with Crippen molar-refractivity contribution in [3.05, 3.63) is 57.4 Å². The van der Waals surface area contributed by atoms with E-state index in [1.54, 1.807) is 12.1 Å². The van der Waals surface area contributed by atoms with Gasteiger partial charge in [0, 0.05) is 47.0 Å². The van der Waals surface area contributed by atoms with Crippen molar-refractivity contribution >= 4 is 83.6 Å². The van der Waals surface area contributed by atoms with Crippen LogP contribution in [0.2, 0.25) is 10.0 Å². The van der Waals surface area contributed by atoms with Gasteiger partial charge in [0.25, 0.3) is 0 Å². The second kappa shape index (κ2) is 9.73. The highest BCUT2D eigenvalue weighted by Gasteiger charge is 2.29. The van der Waals surface area contributed by atoms with Gasteiger partial charge in [-0.15, -0.1) is 11.3 Å². The van der Waals surface area contributed by atoms with Crippen molar-refractivity contribution in [2.45, 2.75) is 4.90 Å². The van der Waals surface area contributed by atoms with Gasteiger partial charge in [-0.2, -0.15) is 4.31 Å². The first kappa shape index (κ1) is 24.2. The highest BCUT2D eigenvalue weighted by molar-refractivity contribution is 7.89. The number of hydrogen-bond donors (Lipinski definition) is 1. The van der Waals surface area contributed by atoms with Crippen LogP contribution in [-0.2, 0) is 14.8 Å². The quantitative estimate of drug-likeness (QED) is 0.377. The largest absolute Gasteiger partial charge is 0.465 e. The Balaban J connectivity index is 1.41. The number of hydrogen-bond acceptors (Lipinski definition) is 6. The Bertz CT molecular complexity index is 1320. The molecule has 0 radical (unpaired) electrons. The summed E-state index contributed by atoms with van der Waals surface area (Å²) in [6.07, 6.45) is 0. The van der Waals surface area contributed by atoms with E-state index >= 15 is 0 Å². The number of halogens is 2. The second-order valence-corrected chi connectivity index (χ2v) is 11.4. The average Bonchev–Trinajstić information content (AvgIpc) is 3.14. The minimum Gasteiger partial charge on any atom is -0.465 e. The van der Waals surface area contributed by atoms with E-state index in [4.69, 9.17) is 40.2 Å². The van der Waals surface area contributed by atoms with E-state index in [1.807, 2.05) is 23.1 Å². The summed E-state index contributed by atoms with van der Waals surface area (Å²) >= 11 is 19.0. The van der Waals surface area contributed by atoms with Crippen LogP contribution in [0, 0.1) is 0 Å². The zero-order valence-corrected chi connectivity index (χ0v) is 21.3. The number of carbonyl (C=O) groups is 1. The lowest BCUT2D eigenvalue weighted by Crippen LogP contribution is -2.51. The molecule has 1 aromatic heterocycles. The highest BCUT2D eigenvalue weighted by atomic mass is 35.5. The Hall–Kier alpha value is -1.95. The van der Waals surface area contributed by atoms with E-state index in [2.05, 4.69) is 5.32 Å². The fourth-order valence-electron chi connectivity index (χ4n) is 3.46. The van der Waals surface area contributed by atoms with Crippen molar-refractivity contribution in [1.82, 2.24) is 9.21 Å². The van der Waals surface area contributed by atoms with Gasteiger partial charge >= 0.3 is 5.97 Å². The number of ether oxygens (including phenoxy) is 1. The molecular weight excluding hydrogens is 525 g/mol. The van der Waals surface area contributed by atoms with Crippen LogP contribution in [0.5, 0.6) is 0 Å². The number of nitrogens with one attached hydrogen (secondary N) is 1. The van der Waals surface area contributed by atoms with Gasteiger partial charge in [0.15, 0.2) is 5.11 Å². The molecule has 0 spiro atoms. The van der Waals surface area contributed by atoms with Gasteiger partial charge in [-0.25, -0.2) is 13.2 Å². The molecule has 1 fully saturated rings. The lowest BCUT2D eigenvalue weighted by molar-refractivity contribution is 0.0606. The van der Waals surface area contributed by atoms with E-state index in [-0.39, 0.29) is 4.90 Å². The van der Waals surface area contributed by atoms with E-state index in [0.29, 0.717) is 46.2 Å². The van der Waals surface area contributed by atoms with Gasteiger partial charge in [0.05, 0.1) is 17.0 Å². The van der Waals surface area contributed by atoms with E-state index in [9.17, 15) is 13.2 Å². The summed E-state index contributed by atoms with van der Waals surface area (Å²) < 4.78 is 32.8. The normalized spacial score (nSPS) is 14.9. The maximum Gasteiger partial charge on any atom is 0.349 e. The molecule has 12 heteroatoms. The molecule has 7 nitrogen and oxygen atoms in total. The molecule has 0 saturated carbocycles. The van der Waals surface area contributed by atoms with Crippen molar-refractivity contribution in [3.8, 4) is 0 Å². The summed E-state index contributed by atoms with van der Waals surface area (Å²) in [5, 5.41) is 5.30. The molecule has 1 saturated heterocycles. The Morgan fingerprint density at radius 3 is 2.39 bits per heavy atom. The van der Waals surface area contributed by atoms with Crippen LogP contribution in [0.1, 0.15) is 9.67 Å². The minimum atomic E-state index is -3.59. The van der Waals surface area contributed by atoms with Crippen LogP contribution >= 0.6 is 46.8 Å². The standard InChI is InChI=1S/C21H19Cl2N3O4S3/c1-30-20(27)19-18(23)16-7-4-14(12-17(16)32-19)24-21(31)25-8-10-26(11-9-25)33(28,29)15-5-2-13(22)3-6-15/h2-7,12H,8-11H2,1H3,(H,24,31). The first-order valence-electron chi connectivity index (χ1n) is 9.82. The van der Waals surface area contributed by atoms with Crippen LogP contribution in [0.3, 0.4) is 0 Å². The number of thiophene rings is 1. The van der Waals surface area contributed by atoms with Gasteiger partial charge in [0.2, 0.25) is 10.0 Å². The number of sulfonamides is 1. The van der Waals surface area contributed by atoms with Crippen molar-refractivity contribution in [1.29, 1.82) is 0 Å². The van der Waals surface area contributed by atoms with Crippen LogP contribution in [0.15, 0.2) is 47.4 Å². The molecule has 33 heavy (non-hydrogen) atoms. The average molecular weight is 545 g/mol. The maximum atomic E-state index is 12.9. The molecule has 2 aromatic carbocycles. The van der Waals surface area contributed by atoms with Gasteiger partial charge in [-0.1, -0.05) is 23.2 Å². The molecule has 2 heterocycles. The number of carbonyl (C=O) groups excluding carboxylic acids is 1. The topological polar surface area (TPSA) is 79.0 Å². The first-order chi connectivity index (χ1) is 15.7. The number of anilines is 1. The summed E-state index contributed by atoms with van der Waals surface area (Å²) in [6.45, 7) is 1.54. The molecule has 0 unspecified atom stereocenters. The Kier molecular flexibility index (Phi) is 7.13. The zero-order valence-electron chi connectivity index (χ0n) is 17.4. The summed E-state index contributed by atoms with van der Waals surface area (Å²) in [7, 11) is -2.27. The summed E-state index contributed by atoms with van der Waals surface area (Å²) in [6, 6.07) is 11.7. The van der Waals surface area contributed by atoms with Crippen LogP contribution in [0.4, 0.5) is 5.69 Å². The number of fused-ring (bicyclic) bond motifs is 1. The van der Waals surface area contributed by atoms with Crippen LogP contribution in [0.25, 0.3) is 10.1 Å². The predicted molar refractivity (Wildman–Crippen MR) is 136 cm³/mol. The monoisotopic (exact) mass is 543 g/mol. The van der Waals surface area contributed by atoms with Crippen LogP contribution in [-0.4, -0.2) is 62.0 Å². The molecule has 0 aliphatic carbocycles. The molecule has 0 bridgehead atoms. The van der Waals surface area contributed by atoms with Crippen molar-refractivity contribution < 1.29 is 17.9 Å². The first-order valence-corrected chi connectivity index (χ1v) is 13.2. The zero-order chi connectivity index (χ0) is 23.8. The number of benzene rings is 2. The number of esters is 1. The minimum absolute atomic E-state index is 0.218. The maximum absolute atomic E-state index is 12.9. The van der Waals surface area contributed by atoms with Crippen molar-refractivity contribution in [2.75, 3.05) is 38.6 Å². The molecule has 0 atom stereocenters. The SMILES string of the molecule is COC(=O)c1sc2cc(NC(=S)N3CCN(S(=O)(=O)c4ccc(Cl)cc4)CC3)ccc2c1Cl. The second-order valence-electron chi connectivity index (χ2n) is 7.22. The highest BCUT2D eigenvalue weighted by Crippen LogP contribution is 2.37. The van der Waals surface area contributed by atoms with Crippen molar-refractivity contribution in [2.24, 2.45) is 0 Å². The number of rotatable bonds is 4.